The molecule has 3 aromatic heterocycles. The van der Waals surface area contributed by atoms with Gasteiger partial charge in [0.1, 0.15) is 5.82 Å². The van der Waals surface area contributed by atoms with Gasteiger partial charge in [0.15, 0.2) is 0 Å². The molecule has 0 N–H and O–H groups in total. The normalized spacial score (nSPS) is 11.8. The summed E-state index contributed by atoms with van der Waals surface area (Å²) in [5, 5.41) is 4.99. The second-order valence-corrected chi connectivity index (χ2v) is 13.6. The van der Waals surface area contributed by atoms with Crippen molar-refractivity contribution in [2.75, 3.05) is 0 Å². The summed E-state index contributed by atoms with van der Waals surface area (Å²) in [5.74, 6) is 0.925. The van der Waals surface area contributed by atoms with Crippen LogP contribution in [0.1, 0.15) is 0 Å². The third-order valence-electron chi connectivity index (χ3n) is 10.6. The van der Waals surface area contributed by atoms with E-state index in [2.05, 4.69) is 208 Å². The lowest BCUT2D eigenvalue weighted by atomic mass is 10.0. The number of fused-ring (bicyclic) bond motifs is 7. The Morgan fingerprint density at radius 2 is 0.698 bits per heavy atom. The molecule has 0 amide bonds. The maximum absolute atomic E-state index is 5.13. The summed E-state index contributed by atoms with van der Waals surface area (Å²) in [6.07, 6.45) is 0. The fraction of sp³-hybridized carbons (Fsp3) is 0. The van der Waals surface area contributed by atoms with E-state index >= 15 is 0 Å². The zero-order valence-corrected chi connectivity index (χ0v) is 28.8. The van der Waals surface area contributed by atoms with Gasteiger partial charge in [-0.1, -0.05) is 127 Å². The molecule has 0 aliphatic carbocycles. The molecule has 0 atom stereocenters. The number of hydrogen-bond acceptors (Lipinski definition) is 1. The zero-order chi connectivity index (χ0) is 34.9. The number of hydrogen-bond donors (Lipinski definition) is 0. The van der Waals surface area contributed by atoms with Crippen molar-refractivity contribution in [3.8, 4) is 39.6 Å². The average Bonchev–Trinajstić information content (AvgIpc) is 3.89. The van der Waals surface area contributed by atoms with Gasteiger partial charge in [-0.15, -0.1) is 0 Å². The first kappa shape index (κ1) is 29.5. The van der Waals surface area contributed by atoms with Crippen LogP contribution in [0.3, 0.4) is 0 Å². The molecule has 4 heteroatoms. The van der Waals surface area contributed by atoms with Crippen molar-refractivity contribution in [2.45, 2.75) is 0 Å². The third-order valence-corrected chi connectivity index (χ3v) is 10.6. The minimum absolute atomic E-state index is 0.925. The first-order chi connectivity index (χ1) is 26.3. The van der Waals surface area contributed by atoms with E-state index in [4.69, 9.17) is 4.98 Å². The number of aromatic nitrogens is 4. The molecule has 53 heavy (non-hydrogen) atoms. The minimum Gasteiger partial charge on any atom is -0.309 e. The van der Waals surface area contributed by atoms with Crippen molar-refractivity contribution >= 4 is 54.6 Å². The van der Waals surface area contributed by atoms with E-state index < -0.39 is 0 Å². The molecule has 0 fully saturated rings. The maximum Gasteiger partial charge on any atom is 0.145 e. The van der Waals surface area contributed by atoms with Gasteiger partial charge in [0.2, 0.25) is 0 Å². The summed E-state index contributed by atoms with van der Waals surface area (Å²) in [6.45, 7) is 0. The highest BCUT2D eigenvalue weighted by molar-refractivity contribution is 6.10. The SMILES string of the molecule is c1ccc(-n2c(-c3ccc(-c4cc(-n5c6ccccc6c6ccccc65)cc(-n5c6ccccc6c6ccccc65)c4)cc3)nc3ccccc32)cc1. The summed E-state index contributed by atoms with van der Waals surface area (Å²) in [7, 11) is 0. The molecule has 248 valence electrons. The van der Waals surface area contributed by atoms with Crippen molar-refractivity contribution in [1.82, 2.24) is 18.7 Å². The molecule has 0 saturated carbocycles. The lowest BCUT2D eigenvalue weighted by Crippen LogP contribution is -2.00. The molecule has 11 rings (SSSR count). The lowest BCUT2D eigenvalue weighted by molar-refractivity contribution is 1.10. The summed E-state index contributed by atoms with van der Waals surface area (Å²) in [5.41, 5.74) is 13.5. The summed E-state index contributed by atoms with van der Waals surface area (Å²) < 4.78 is 7.10. The Kier molecular flexibility index (Phi) is 6.52. The second kappa shape index (κ2) is 11.7. The molecular weight excluding hydrogens is 645 g/mol. The Balaban J connectivity index is 1.14. The van der Waals surface area contributed by atoms with Crippen LogP contribution in [0.2, 0.25) is 0 Å². The lowest BCUT2D eigenvalue weighted by Gasteiger charge is -2.16. The van der Waals surface area contributed by atoms with E-state index in [0.29, 0.717) is 0 Å². The fourth-order valence-corrected chi connectivity index (χ4v) is 8.29. The second-order valence-electron chi connectivity index (χ2n) is 13.6. The van der Waals surface area contributed by atoms with E-state index in [0.717, 1.165) is 50.6 Å². The van der Waals surface area contributed by atoms with Gasteiger partial charge < -0.3 is 9.13 Å². The molecular formula is C49H32N4. The van der Waals surface area contributed by atoms with Crippen molar-refractivity contribution in [2.24, 2.45) is 0 Å². The molecule has 4 nitrogen and oxygen atoms in total. The van der Waals surface area contributed by atoms with Gasteiger partial charge in [-0.05, 0) is 77.9 Å². The predicted octanol–water partition coefficient (Wildman–Crippen LogP) is 12.6. The molecule has 0 unspecified atom stereocenters. The molecule has 8 aromatic carbocycles. The van der Waals surface area contributed by atoms with Gasteiger partial charge >= 0.3 is 0 Å². The van der Waals surface area contributed by atoms with Crippen LogP contribution in [0, 0.1) is 0 Å². The van der Waals surface area contributed by atoms with Crippen molar-refractivity contribution in [3.63, 3.8) is 0 Å². The number of rotatable bonds is 5. The van der Waals surface area contributed by atoms with Gasteiger partial charge in [-0.25, -0.2) is 4.98 Å². The highest BCUT2D eigenvalue weighted by Gasteiger charge is 2.18. The monoisotopic (exact) mass is 676 g/mol. The topological polar surface area (TPSA) is 27.7 Å². The number of para-hydroxylation sites is 7. The van der Waals surface area contributed by atoms with E-state index in [1.165, 1.54) is 43.6 Å². The van der Waals surface area contributed by atoms with Crippen LogP contribution in [0.15, 0.2) is 194 Å². The molecule has 11 aromatic rings. The highest BCUT2D eigenvalue weighted by atomic mass is 15.1. The molecule has 0 aliphatic heterocycles. The summed E-state index contributed by atoms with van der Waals surface area (Å²) in [6, 6.07) is 69.7. The Morgan fingerprint density at radius 3 is 1.21 bits per heavy atom. The first-order valence-electron chi connectivity index (χ1n) is 18.1. The molecule has 0 spiro atoms. The van der Waals surface area contributed by atoms with Gasteiger partial charge in [0, 0.05) is 44.2 Å². The minimum atomic E-state index is 0.925. The third kappa shape index (κ3) is 4.59. The van der Waals surface area contributed by atoms with E-state index in [1.807, 2.05) is 0 Å². The molecule has 0 radical (unpaired) electrons. The van der Waals surface area contributed by atoms with Crippen LogP contribution in [-0.4, -0.2) is 18.7 Å². The van der Waals surface area contributed by atoms with E-state index in [9.17, 15) is 0 Å². The summed E-state index contributed by atoms with van der Waals surface area (Å²) >= 11 is 0. The molecule has 3 heterocycles. The van der Waals surface area contributed by atoms with Crippen LogP contribution in [0.25, 0.3) is 94.2 Å². The highest BCUT2D eigenvalue weighted by Crippen LogP contribution is 2.38. The van der Waals surface area contributed by atoms with Crippen LogP contribution >= 0.6 is 0 Å². The number of imidazole rings is 1. The first-order valence-corrected chi connectivity index (χ1v) is 18.1. The van der Waals surface area contributed by atoms with E-state index in [-0.39, 0.29) is 0 Å². The zero-order valence-electron chi connectivity index (χ0n) is 28.8. The molecule has 0 aliphatic rings. The van der Waals surface area contributed by atoms with Crippen LogP contribution < -0.4 is 0 Å². The molecule has 0 bridgehead atoms. The average molecular weight is 677 g/mol. The Bertz CT molecular complexity index is 2920. The van der Waals surface area contributed by atoms with Crippen LogP contribution in [-0.2, 0) is 0 Å². The smallest absolute Gasteiger partial charge is 0.145 e. The number of benzene rings is 8. The largest absolute Gasteiger partial charge is 0.309 e. The van der Waals surface area contributed by atoms with Gasteiger partial charge in [-0.2, -0.15) is 0 Å². The Hall–Kier alpha value is -7.17. The van der Waals surface area contributed by atoms with Crippen molar-refractivity contribution in [1.29, 1.82) is 0 Å². The van der Waals surface area contributed by atoms with Crippen molar-refractivity contribution < 1.29 is 0 Å². The Labute approximate surface area is 306 Å². The quantitative estimate of drug-likeness (QED) is 0.178. The Morgan fingerprint density at radius 1 is 0.283 bits per heavy atom. The summed E-state index contributed by atoms with van der Waals surface area (Å²) in [4.78, 5) is 5.13. The molecule has 0 saturated heterocycles. The van der Waals surface area contributed by atoms with Gasteiger partial charge in [0.25, 0.3) is 0 Å². The van der Waals surface area contributed by atoms with Gasteiger partial charge in [0.05, 0.1) is 33.1 Å². The van der Waals surface area contributed by atoms with E-state index in [1.54, 1.807) is 0 Å². The van der Waals surface area contributed by atoms with Crippen molar-refractivity contribution in [3.05, 3.63) is 194 Å². The van der Waals surface area contributed by atoms with Crippen LogP contribution in [0.5, 0.6) is 0 Å². The predicted molar refractivity (Wildman–Crippen MR) is 221 cm³/mol. The maximum atomic E-state index is 5.13. The number of nitrogens with zero attached hydrogens (tertiary/aromatic N) is 4. The standard InChI is InChI=1S/C49H32N4/c1-2-14-36(15-3-1)53-48-25-13-8-20-43(48)50-49(53)34-28-26-33(27-29-34)35-30-37(51-44-21-9-4-16-39(44)40-17-5-10-22-45(40)51)32-38(31-35)52-46-23-11-6-18-41(46)42-19-7-12-24-47(42)52/h1-32H. The fourth-order valence-electron chi connectivity index (χ4n) is 8.29. The van der Waals surface area contributed by atoms with Gasteiger partial charge in [-0.3, -0.25) is 4.57 Å². The van der Waals surface area contributed by atoms with Crippen LogP contribution in [0.4, 0.5) is 0 Å².